The summed E-state index contributed by atoms with van der Waals surface area (Å²) in [7, 11) is 0. The number of hydrogen-bond acceptors (Lipinski definition) is 2. The Balaban J connectivity index is 2.48. The molecule has 0 aliphatic heterocycles. The molecule has 0 amide bonds. The van der Waals surface area contributed by atoms with Crippen LogP contribution in [0.4, 0.5) is 0 Å². The summed E-state index contributed by atoms with van der Waals surface area (Å²) in [6.45, 7) is 0. The van der Waals surface area contributed by atoms with E-state index in [1.807, 2.05) is 12.1 Å². The maximum atomic E-state index is 10.7. The zero-order valence-corrected chi connectivity index (χ0v) is 10.1. The van der Waals surface area contributed by atoms with E-state index >= 15 is 0 Å². The Morgan fingerprint density at radius 1 is 1.00 bits per heavy atom. The summed E-state index contributed by atoms with van der Waals surface area (Å²) in [5, 5.41) is 11.5. The molecule has 4 heteroatoms. The first-order valence-corrected chi connectivity index (χ1v) is 5.60. The number of carbonyl (C=O) groups excluding carboxylic acids is 1. The molecular weight excluding hydrogens is 259 g/mol. The minimum atomic E-state index is -1.28. The van der Waals surface area contributed by atoms with Gasteiger partial charge in [0.05, 0.1) is 11.0 Å². The Kier molecular flexibility index (Phi) is 3.36. The molecule has 0 unspecified atom stereocenters. The van der Waals surface area contributed by atoms with Crippen molar-refractivity contribution in [2.45, 2.75) is 0 Å². The molecule has 0 saturated carbocycles. The summed E-state index contributed by atoms with van der Waals surface area (Å²) in [5.74, 6) is -1.28. The van der Waals surface area contributed by atoms with Crippen molar-refractivity contribution in [1.82, 2.24) is 0 Å². The number of carboxylic acid groups (broad SMARTS) is 1. The van der Waals surface area contributed by atoms with Crippen LogP contribution in [0.25, 0.3) is 11.1 Å². The van der Waals surface area contributed by atoms with Gasteiger partial charge in [-0.25, -0.2) is 0 Å². The fourth-order valence-electron chi connectivity index (χ4n) is 1.53. The maximum Gasteiger partial charge on any atom is 0.0730 e. The van der Waals surface area contributed by atoms with Crippen molar-refractivity contribution in [2.24, 2.45) is 0 Å². The monoisotopic (exact) mass is 265 g/mol. The van der Waals surface area contributed by atoms with E-state index < -0.39 is 5.97 Å². The van der Waals surface area contributed by atoms with Crippen LogP contribution in [-0.2, 0) is 0 Å². The molecule has 86 valence electrons. The summed E-state index contributed by atoms with van der Waals surface area (Å²) in [6.07, 6.45) is 0. The van der Waals surface area contributed by atoms with Gasteiger partial charge in [-0.05, 0) is 29.3 Å². The first-order valence-electron chi connectivity index (χ1n) is 4.85. The van der Waals surface area contributed by atoms with Crippen LogP contribution in [0.5, 0.6) is 0 Å². The van der Waals surface area contributed by atoms with E-state index in [1.165, 1.54) is 6.07 Å². The highest BCUT2D eigenvalue weighted by Gasteiger charge is 2.04. The molecular formula is C13H7Cl2O2-. The van der Waals surface area contributed by atoms with Crippen LogP contribution in [0, 0.1) is 0 Å². The number of carbonyl (C=O) groups is 1. The van der Waals surface area contributed by atoms with Crippen LogP contribution >= 0.6 is 23.2 Å². The van der Waals surface area contributed by atoms with E-state index in [-0.39, 0.29) is 10.6 Å². The lowest BCUT2D eigenvalue weighted by molar-refractivity contribution is -0.255. The lowest BCUT2D eigenvalue weighted by atomic mass is 10.0. The molecule has 2 aromatic carbocycles. The van der Waals surface area contributed by atoms with Crippen LogP contribution in [0.1, 0.15) is 10.4 Å². The summed E-state index contributed by atoms with van der Waals surface area (Å²) in [6, 6.07) is 11.9. The topological polar surface area (TPSA) is 40.1 Å². The molecule has 0 aliphatic carbocycles. The highest BCUT2D eigenvalue weighted by molar-refractivity contribution is 6.33. The Hall–Kier alpha value is -1.51. The van der Waals surface area contributed by atoms with Crippen molar-refractivity contribution in [3.05, 3.63) is 58.1 Å². The normalized spacial score (nSPS) is 10.2. The standard InChI is InChI=1S/C13H8Cl2O2/c14-10-3-1-2-8(6-10)9-4-5-11(13(16)17)12(15)7-9/h1-7H,(H,16,17)/p-1. The molecule has 0 radical (unpaired) electrons. The summed E-state index contributed by atoms with van der Waals surface area (Å²) in [5.41, 5.74) is 1.67. The van der Waals surface area contributed by atoms with E-state index in [4.69, 9.17) is 23.2 Å². The van der Waals surface area contributed by atoms with E-state index in [1.54, 1.807) is 24.3 Å². The predicted molar refractivity (Wildman–Crippen MR) is 66.2 cm³/mol. The van der Waals surface area contributed by atoms with E-state index in [0.717, 1.165) is 11.1 Å². The third-order valence-corrected chi connectivity index (χ3v) is 2.89. The second kappa shape index (κ2) is 4.78. The Bertz CT molecular complexity index is 579. The fraction of sp³-hybridized carbons (Fsp3) is 0. The molecule has 2 aromatic rings. The van der Waals surface area contributed by atoms with Crippen LogP contribution in [0.3, 0.4) is 0 Å². The van der Waals surface area contributed by atoms with Gasteiger partial charge < -0.3 is 9.90 Å². The van der Waals surface area contributed by atoms with Gasteiger partial charge in [0.2, 0.25) is 0 Å². The smallest absolute Gasteiger partial charge is 0.0730 e. The van der Waals surface area contributed by atoms with Crippen LogP contribution in [-0.4, -0.2) is 5.97 Å². The van der Waals surface area contributed by atoms with Gasteiger partial charge in [0, 0.05) is 10.6 Å². The number of halogens is 2. The van der Waals surface area contributed by atoms with Crippen molar-refractivity contribution >= 4 is 29.2 Å². The molecule has 17 heavy (non-hydrogen) atoms. The van der Waals surface area contributed by atoms with Gasteiger partial charge in [0.15, 0.2) is 0 Å². The third-order valence-electron chi connectivity index (χ3n) is 2.35. The van der Waals surface area contributed by atoms with E-state index in [2.05, 4.69) is 0 Å². The second-order valence-electron chi connectivity index (χ2n) is 3.49. The molecule has 0 N–H and O–H groups in total. The lowest BCUT2D eigenvalue weighted by Gasteiger charge is -2.08. The predicted octanol–water partition coefficient (Wildman–Crippen LogP) is 3.02. The molecule has 2 nitrogen and oxygen atoms in total. The Labute approximate surface area is 108 Å². The SMILES string of the molecule is O=C([O-])c1ccc(-c2cccc(Cl)c2)cc1Cl. The summed E-state index contributed by atoms with van der Waals surface area (Å²) >= 11 is 11.7. The highest BCUT2D eigenvalue weighted by atomic mass is 35.5. The highest BCUT2D eigenvalue weighted by Crippen LogP contribution is 2.27. The largest absolute Gasteiger partial charge is 0.545 e. The number of hydrogen-bond donors (Lipinski definition) is 0. The van der Waals surface area contributed by atoms with Gasteiger partial charge >= 0.3 is 0 Å². The summed E-state index contributed by atoms with van der Waals surface area (Å²) in [4.78, 5) is 10.7. The van der Waals surface area contributed by atoms with Gasteiger partial charge in [-0.15, -0.1) is 0 Å². The van der Waals surface area contributed by atoms with Gasteiger partial charge in [0.1, 0.15) is 0 Å². The van der Waals surface area contributed by atoms with E-state index in [9.17, 15) is 9.90 Å². The van der Waals surface area contributed by atoms with Crippen LogP contribution < -0.4 is 5.11 Å². The van der Waals surface area contributed by atoms with Crippen LogP contribution in [0.2, 0.25) is 10.0 Å². The molecule has 2 rings (SSSR count). The molecule has 0 aromatic heterocycles. The molecule has 0 heterocycles. The number of carboxylic acids is 1. The zero-order valence-electron chi connectivity index (χ0n) is 8.61. The zero-order chi connectivity index (χ0) is 12.4. The van der Waals surface area contributed by atoms with Crippen LogP contribution in [0.15, 0.2) is 42.5 Å². The van der Waals surface area contributed by atoms with E-state index in [0.29, 0.717) is 5.02 Å². The quantitative estimate of drug-likeness (QED) is 0.838. The van der Waals surface area contributed by atoms with Gasteiger partial charge in [0.25, 0.3) is 0 Å². The number of rotatable bonds is 2. The Morgan fingerprint density at radius 2 is 1.71 bits per heavy atom. The second-order valence-corrected chi connectivity index (χ2v) is 4.34. The fourth-order valence-corrected chi connectivity index (χ4v) is 1.98. The number of benzene rings is 2. The maximum absolute atomic E-state index is 10.7. The molecule has 0 spiro atoms. The van der Waals surface area contributed by atoms with Gasteiger partial charge in [-0.3, -0.25) is 0 Å². The first kappa shape index (κ1) is 12.0. The first-order chi connectivity index (χ1) is 8.08. The van der Waals surface area contributed by atoms with Crippen molar-refractivity contribution in [3.63, 3.8) is 0 Å². The lowest BCUT2D eigenvalue weighted by Crippen LogP contribution is -2.22. The van der Waals surface area contributed by atoms with Crippen molar-refractivity contribution in [3.8, 4) is 11.1 Å². The molecule has 0 atom stereocenters. The van der Waals surface area contributed by atoms with Gasteiger partial charge in [-0.1, -0.05) is 47.5 Å². The molecule has 0 bridgehead atoms. The van der Waals surface area contributed by atoms with Crippen molar-refractivity contribution < 1.29 is 9.90 Å². The third kappa shape index (κ3) is 2.60. The van der Waals surface area contributed by atoms with Crippen molar-refractivity contribution in [2.75, 3.05) is 0 Å². The average molecular weight is 266 g/mol. The molecule has 0 aliphatic rings. The van der Waals surface area contributed by atoms with Gasteiger partial charge in [-0.2, -0.15) is 0 Å². The minimum Gasteiger partial charge on any atom is -0.545 e. The number of aromatic carboxylic acids is 1. The Morgan fingerprint density at radius 3 is 2.29 bits per heavy atom. The van der Waals surface area contributed by atoms with Crippen molar-refractivity contribution in [1.29, 1.82) is 0 Å². The molecule has 0 saturated heterocycles. The average Bonchev–Trinajstić information content (AvgIpc) is 2.28. The summed E-state index contributed by atoms with van der Waals surface area (Å²) < 4.78 is 0. The minimum absolute atomic E-state index is 0.0163. The molecule has 0 fully saturated rings.